The maximum absolute atomic E-state index is 13.0. The van der Waals surface area contributed by atoms with Crippen LogP contribution in [0.25, 0.3) is 10.2 Å². The second-order valence-corrected chi connectivity index (χ2v) is 10.1. The Balaban J connectivity index is 1.24. The maximum atomic E-state index is 13.0. The molecule has 2 fully saturated rings. The van der Waals surface area contributed by atoms with Crippen molar-refractivity contribution in [3.05, 3.63) is 58.1 Å². The lowest BCUT2D eigenvalue weighted by atomic mass is 9.90. The van der Waals surface area contributed by atoms with Crippen molar-refractivity contribution < 1.29 is 19.1 Å². The second-order valence-electron chi connectivity index (χ2n) is 8.73. The summed E-state index contributed by atoms with van der Waals surface area (Å²) in [6, 6.07) is 12.0. The molecule has 0 radical (unpaired) electrons. The SMILES string of the molecule is O=C(NC1CCCCC1NC(=O)c1cc2ccc(Cl)nc2s1)c1ccc(N2CCOCC2=O)cc1. The number of anilines is 1. The first-order valence-corrected chi connectivity index (χ1v) is 12.8. The molecule has 2 unspecified atom stereocenters. The highest BCUT2D eigenvalue weighted by Crippen LogP contribution is 2.27. The van der Waals surface area contributed by atoms with Crippen molar-refractivity contribution in [1.29, 1.82) is 0 Å². The Morgan fingerprint density at radius 2 is 1.74 bits per heavy atom. The first-order valence-electron chi connectivity index (χ1n) is 11.6. The average Bonchev–Trinajstić information content (AvgIpc) is 3.29. The highest BCUT2D eigenvalue weighted by Gasteiger charge is 2.29. The molecule has 2 atom stereocenters. The van der Waals surface area contributed by atoms with Gasteiger partial charge in [0, 0.05) is 35.3 Å². The van der Waals surface area contributed by atoms with E-state index < -0.39 is 0 Å². The van der Waals surface area contributed by atoms with Crippen molar-refractivity contribution in [2.75, 3.05) is 24.7 Å². The van der Waals surface area contributed by atoms with E-state index in [1.807, 2.05) is 12.1 Å². The molecule has 0 spiro atoms. The summed E-state index contributed by atoms with van der Waals surface area (Å²) in [5.74, 6) is -0.460. The standard InChI is InChI=1S/C25H25ClN4O4S/c26-21-10-7-16-13-20(35-25(16)29-21)24(33)28-19-4-2-1-3-18(19)27-23(32)15-5-8-17(9-6-15)30-11-12-34-14-22(30)31/h5-10,13,18-19H,1-4,11-12,14H2,(H,27,32)(H,28,33). The van der Waals surface area contributed by atoms with Crippen LogP contribution in [0.1, 0.15) is 45.7 Å². The monoisotopic (exact) mass is 512 g/mol. The van der Waals surface area contributed by atoms with Crippen LogP contribution in [-0.2, 0) is 9.53 Å². The summed E-state index contributed by atoms with van der Waals surface area (Å²) in [5, 5.41) is 7.49. The van der Waals surface area contributed by atoms with Gasteiger partial charge in [0.05, 0.1) is 11.5 Å². The van der Waals surface area contributed by atoms with E-state index in [-0.39, 0.29) is 36.4 Å². The Morgan fingerprint density at radius 3 is 2.46 bits per heavy atom. The zero-order valence-corrected chi connectivity index (χ0v) is 20.5. The molecular formula is C25H25ClN4O4S. The number of fused-ring (bicyclic) bond motifs is 1. The fraction of sp³-hybridized carbons (Fsp3) is 0.360. The van der Waals surface area contributed by atoms with Crippen LogP contribution in [0, 0.1) is 0 Å². The van der Waals surface area contributed by atoms with Gasteiger partial charge in [-0.3, -0.25) is 14.4 Å². The minimum absolute atomic E-state index is 0.0722. The van der Waals surface area contributed by atoms with E-state index in [2.05, 4.69) is 15.6 Å². The van der Waals surface area contributed by atoms with Crippen molar-refractivity contribution >= 4 is 56.6 Å². The molecule has 2 N–H and O–H groups in total. The van der Waals surface area contributed by atoms with E-state index in [1.165, 1.54) is 11.3 Å². The molecule has 0 bridgehead atoms. The third-order valence-corrected chi connectivity index (χ3v) is 7.65. The lowest BCUT2D eigenvalue weighted by Gasteiger charge is -2.32. The number of rotatable bonds is 5. The zero-order chi connectivity index (χ0) is 24.4. The van der Waals surface area contributed by atoms with Crippen LogP contribution in [0.3, 0.4) is 0 Å². The summed E-state index contributed by atoms with van der Waals surface area (Å²) in [5.41, 5.74) is 1.26. The van der Waals surface area contributed by atoms with E-state index in [1.54, 1.807) is 35.2 Å². The van der Waals surface area contributed by atoms with Crippen LogP contribution in [0.4, 0.5) is 5.69 Å². The lowest BCUT2D eigenvalue weighted by molar-refractivity contribution is -0.125. The number of nitrogens with one attached hydrogen (secondary N) is 2. The maximum Gasteiger partial charge on any atom is 0.261 e. The number of morpholine rings is 1. The van der Waals surface area contributed by atoms with Crippen LogP contribution in [-0.4, -0.2) is 54.5 Å². The van der Waals surface area contributed by atoms with Gasteiger partial charge in [-0.15, -0.1) is 11.3 Å². The molecule has 1 saturated heterocycles. The number of thiophene rings is 1. The van der Waals surface area contributed by atoms with Crippen molar-refractivity contribution in [2.24, 2.45) is 0 Å². The number of hydrogen-bond donors (Lipinski definition) is 2. The molecule has 3 heterocycles. The average molecular weight is 513 g/mol. The Morgan fingerprint density at radius 1 is 1.03 bits per heavy atom. The topological polar surface area (TPSA) is 101 Å². The number of ether oxygens (including phenoxy) is 1. The van der Waals surface area contributed by atoms with E-state index >= 15 is 0 Å². The highest BCUT2D eigenvalue weighted by molar-refractivity contribution is 7.20. The molecule has 1 aromatic carbocycles. The number of nitrogens with zero attached hydrogens (tertiary/aromatic N) is 2. The number of carbonyl (C=O) groups is 3. The normalized spacial score (nSPS) is 20.6. The van der Waals surface area contributed by atoms with Crippen molar-refractivity contribution in [3.8, 4) is 0 Å². The van der Waals surface area contributed by atoms with Gasteiger partial charge in [-0.2, -0.15) is 0 Å². The molecule has 35 heavy (non-hydrogen) atoms. The third-order valence-electron chi connectivity index (χ3n) is 6.40. The van der Waals surface area contributed by atoms with Crippen LogP contribution in [0.5, 0.6) is 0 Å². The van der Waals surface area contributed by atoms with Gasteiger partial charge < -0.3 is 20.3 Å². The smallest absolute Gasteiger partial charge is 0.261 e. The largest absolute Gasteiger partial charge is 0.370 e. The zero-order valence-electron chi connectivity index (χ0n) is 19.0. The van der Waals surface area contributed by atoms with Crippen LogP contribution < -0.4 is 15.5 Å². The molecule has 1 saturated carbocycles. The summed E-state index contributed by atoms with van der Waals surface area (Å²) in [6.45, 7) is 1.06. The predicted molar refractivity (Wildman–Crippen MR) is 135 cm³/mol. The summed E-state index contributed by atoms with van der Waals surface area (Å²) in [6.07, 6.45) is 3.56. The summed E-state index contributed by atoms with van der Waals surface area (Å²) in [4.78, 5) is 45.2. The van der Waals surface area contributed by atoms with Crippen molar-refractivity contribution in [3.63, 3.8) is 0 Å². The van der Waals surface area contributed by atoms with Gasteiger partial charge in [0.25, 0.3) is 17.7 Å². The van der Waals surface area contributed by atoms with Gasteiger partial charge in [-0.05, 0) is 55.3 Å². The molecule has 2 aliphatic rings. The van der Waals surface area contributed by atoms with Gasteiger partial charge in [0.15, 0.2) is 0 Å². The Bertz CT molecular complexity index is 1260. The Hall–Kier alpha value is -3.01. The molecule has 3 amide bonds. The summed E-state index contributed by atoms with van der Waals surface area (Å²) in [7, 11) is 0. The quantitative estimate of drug-likeness (QED) is 0.507. The second kappa shape index (κ2) is 10.3. The van der Waals surface area contributed by atoms with E-state index in [4.69, 9.17) is 16.3 Å². The van der Waals surface area contributed by atoms with E-state index in [9.17, 15) is 14.4 Å². The molecule has 8 nitrogen and oxygen atoms in total. The molecule has 5 rings (SSSR count). The van der Waals surface area contributed by atoms with Crippen LogP contribution in [0.2, 0.25) is 5.15 Å². The molecular weight excluding hydrogens is 488 g/mol. The minimum atomic E-state index is -0.197. The molecule has 182 valence electrons. The van der Waals surface area contributed by atoms with Gasteiger partial charge in [-0.25, -0.2) is 4.98 Å². The summed E-state index contributed by atoms with van der Waals surface area (Å²) >= 11 is 7.27. The molecule has 1 aliphatic heterocycles. The van der Waals surface area contributed by atoms with Gasteiger partial charge in [0.2, 0.25) is 0 Å². The number of hydrogen-bond acceptors (Lipinski definition) is 6. The number of halogens is 1. The predicted octanol–water partition coefficient (Wildman–Crippen LogP) is 3.78. The first kappa shape index (κ1) is 23.7. The lowest BCUT2D eigenvalue weighted by Crippen LogP contribution is -2.53. The number of carbonyl (C=O) groups excluding carboxylic acids is 3. The molecule has 3 aromatic rings. The third kappa shape index (κ3) is 5.32. The first-order chi connectivity index (χ1) is 17.0. The van der Waals surface area contributed by atoms with E-state index in [0.717, 1.165) is 41.6 Å². The Labute approximate surface area is 211 Å². The van der Waals surface area contributed by atoms with Gasteiger partial charge in [-0.1, -0.05) is 24.4 Å². The number of pyridine rings is 1. The fourth-order valence-electron chi connectivity index (χ4n) is 4.56. The number of benzene rings is 1. The van der Waals surface area contributed by atoms with Gasteiger partial charge >= 0.3 is 0 Å². The molecule has 2 aromatic heterocycles. The van der Waals surface area contributed by atoms with E-state index in [0.29, 0.717) is 28.7 Å². The highest BCUT2D eigenvalue weighted by atomic mass is 35.5. The van der Waals surface area contributed by atoms with Crippen molar-refractivity contribution in [2.45, 2.75) is 37.8 Å². The Kier molecular flexibility index (Phi) is 6.99. The van der Waals surface area contributed by atoms with Crippen molar-refractivity contribution in [1.82, 2.24) is 15.6 Å². The molecule has 1 aliphatic carbocycles. The van der Waals surface area contributed by atoms with Crippen LogP contribution in [0.15, 0.2) is 42.5 Å². The number of aromatic nitrogens is 1. The summed E-state index contributed by atoms with van der Waals surface area (Å²) < 4.78 is 5.17. The van der Waals surface area contributed by atoms with Crippen LogP contribution >= 0.6 is 22.9 Å². The fourth-order valence-corrected chi connectivity index (χ4v) is 5.69. The number of amides is 3. The van der Waals surface area contributed by atoms with Gasteiger partial charge in [0.1, 0.15) is 16.6 Å². The minimum Gasteiger partial charge on any atom is -0.370 e. The molecule has 10 heteroatoms.